The topological polar surface area (TPSA) is 72.5 Å². The van der Waals surface area contributed by atoms with Crippen LogP contribution in [0.15, 0.2) is 18.2 Å². The highest BCUT2D eigenvalue weighted by atomic mass is 16.5. The van der Waals surface area contributed by atoms with Gasteiger partial charge in [-0.15, -0.1) is 0 Å². The minimum atomic E-state index is -1.40. The third-order valence-electron chi connectivity index (χ3n) is 4.50. The second kappa shape index (κ2) is 9.56. The Morgan fingerprint density at radius 1 is 1.17 bits per heavy atom. The molecule has 0 bridgehead atoms. The van der Waals surface area contributed by atoms with E-state index in [0.717, 1.165) is 18.4 Å². The summed E-state index contributed by atoms with van der Waals surface area (Å²) in [5, 5.41) is 9.51. The lowest BCUT2D eigenvalue weighted by Crippen LogP contribution is -2.44. The first-order valence-electron chi connectivity index (χ1n) is 8.69. The molecule has 1 atom stereocenters. The summed E-state index contributed by atoms with van der Waals surface area (Å²) in [6.07, 6.45) is 8.72. The summed E-state index contributed by atoms with van der Waals surface area (Å²) < 4.78 is 5.33. The Morgan fingerprint density at radius 3 is 2.39 bits per heavy atom. The zero-order chi connectivity index (χ0) is 17.3. The summed E-state index contributed by atoms with van der Waals surface area (Å²) in [5.74, 6) is -0.474. The lowest BCUT2D eigenvalue weighted by Gasteiger charge is -2.26. The van der Waals surface area contributed by atoms with Crippen LogP contribution in [0.4, 0.5) is 0 Å². The Hall–Kier alpha value is -1.55. The Balaban J connectivity index is 2.81. The van der Waals surface area contributed by atoms with E-state index in [2.05, 4.69) is 6.92 Å². The molecule has 1 aromatic rings. The number of aliphatic carboxylic acids is 1. The fourth-order valence-electron chi connectivity index (χ4n) is 2.83. The third-order valence-corrected chi connectivity index (χ3v) is 4.50. The predicted octanol–water partition coefficient (Wildman–Crippen LogP) is 4.25. The van der Waals surface area contributed by atoms with Crippen molar-refractivity contribution >= 4 is 5.97 Å². The van der Waals surface area contributed by atoms with Crippen LogP contribution in [0.1, 0.15) is 69.9 Å². The molecular weight excluding hydrogens is 290 g/mol. The molecule has 0 aromatic heterocycles. The van der Waals surface area contributed by atoms with Crippen molar-refractivity contribution in [2.75, 3.05) is 7.11 Å². The van der Waals surface area contributed by atoms with Crippen molar-refractivity contribution in [1.82, 2.24) is 0 Å². The predicted molar refractivity (Wildman–Crippen MR) is 93.9 cm³/mol. The van der Waals surface area contributed by atoms with E-state index in [1.807, 2.05) is 18.2 Å². The Bertz CT molecular complexity index is 501. The molecule has 1 unspecified atom stereocenters. The molecule has 0 aliphatic rings. The highest BCUT2D eigenvalue weighted by Gasteiger charge is 2.36. The quantitative estimate of drug-likeness (QED) is 0.598. The van der Waals surface area contributed by atoms with Crippen LogP contribution in [0.3, 0.4) is 0 Å². The number of rotatable bonds is 11. The highest BCUT2D eigenvalue weighted by Crippen LogP contribution is 2.32. The summed E-state index contributed by atoms with van der Waals surface area (Å²) in [6, 6.07) is 5.75. The van der Waals surface area contributed by atoms with Gasteiger partial charge in [-0.25, -0.2) is 4.79 Å². The monoisotopic (exact) mass is 321 g/mol. The van der Waals surface area contributed by atoms with Crippen LogP contribution in [-0.4, -0.2) is 18.2 Å². The van der Waals surface area contributed by atoms with Gasteiger partial charge in [0.25, 0.3) is 0 Å². The van der Waals surface area contributed by atoms with Crippen LogP contribution in [0, 0.1) is 0 Å². The maximum absolute atomic E-state index is 11.6. The fourth-order valence-corrected chi connectivity index (χ4v) is 2.83. The van der Waals surface area contributed by atoms with E-state index in [1.165, 1.54) is 32.1 Å². The summed E-state index contributed by atoms with van der Waals surface area (Å²) in [4.78, 5) is 11.6. The second-order valence-corrected chi connectivity index (χ2v) is 6.18. The van der Waals surface area contributed by atoms with Gasteiger partial charge in [0.1, 0.15) is 11.3 Å². The molecule has 0 spiro atoms. The van der Waals surface area contributed by atoms with Crippen LogP contribution in [0.25, 0.3) is 0 Å². The Morgan fingerprint density at radius 2 is 1.83 bits per heavy atom. The minimum absolute atomic E-state index is 0.319. The highest BCUT2D eigenvalue weighted by molar-refractivity contribution is 5.81. The number of benzene rings is 1. The van der Waals surface area contributed by atoms with E-state index in [4.69, 9.17) is 10.5 Å². The van der Waals surface area contributed by atoms with Crippen molar-refractivity contribution < 1.29 is 14.6 Å². The van der Waals surface area contributed by atoms with E-state index >= 15 is 0 Å². The molecule has 130 valence electrons. The molecule has 0 fully saturated rings. The molecule has 0 saturated heterocycles. The Labute approximate surface area is 140 Å². The summed E-state index contributed by atoms with van der Waals surface area (Å²) in [7, 11) is 1.55. The SMILES string of the molecule is CCCCCCCCc1ccc(OC)c(C(N)(CC)C(=O)O)c1. The maximum atomic E-state index is 11.6. The molecule has 0 aliphatic carbocycles. The smallest absolute Gasteiger partial charge is 0.328 e. The molecule has 0 heterocycles. The lowest BCUT2D eigenvalue weighted by atomic mass is 9.86. The molecule has 0 saturated carbocycles. The number of methoxy groups -OCH3 is 1. The number of aryl methyl sites for hydroxylation is 1. The molecule has 1 aromatic carbocycles. The van der Waals surface area contributed by atoms with E-state index in [0.29, 0.717) is 17.7 Å². The van der Waals surface area contributed by atoms with Crippen molar-refractivity contribution in [2.24, 2.45) is 5.73 Å². The van der Waals surface area contributed by atoms with Gasteiger partial charge >= 0.3 is 5.97 Å². The van der Waals surface area contributed by atoms with Crippen LogP contribution in [-0.2, 0) is 16.8 Å². The molecule has 4 heteroatoms. The zero-order valence-electron chi connectivity index (χ0n) is 14.7. The van der Waals surface area contributed by atoms with Gasteiger partial charge in [0.2, 0.25) is 0 Å². The van der Waals surface area contributed by atoms with Crippen LogP contribution in [0.2, 0.25) is 0 Å². The fraction of sp³-hybridized carbons (Fsp3) is 0.632. The molecule has 0 aliphatic heterocycles. The van der Waals surface area contributed by atoms with Crippen molar-refractivity contribution in [3.8, 4) is 5.75 Å². The first kappa shape index (κ1) is 19.5. The number of hydrogen-bond acceptors (Lipinski definition) is 3. The molecule has 23 heavy (non-hydrogen) atoms. The average Bonchev–Trinajstić information content (AvgIpc) is 2.56. The van der Waals surface area contributed by atoms with Crippen molar-refractivity contribution in [3.05, 3.63) is 29.3 Å². The van der Waals surface area contributed by atoms with Gasteiger partial charge in [0.05, 0.1) is 7.11 Å². The number of unbranched alkanes of at least 4 members (excludes halogenated alkanes) is 5. The van der Waals surface area contributed by atoms with Crippen molar-refractivity contribution in [3.63, 3.8) is 0 Å². The molecule has 1 rings (SSSR count). The van der Waals surface area contributed by atoms with E-state index in [-0.39, 0.29) is 0 Å². The normalized spacial score (nSPS) is 13.6. The number of carbonyl (C=O) groups is 1. The molecule has 0 amide bonds. The first-order chi connectivity index (χ1) is 11.0. The third kappa shape index (κ3) is 5.24. The largest absolute Gasteiger partial charge is 0.496 e. The zero-order valence-corrected chi connectivity index (χ0v) is 14.7. The summed E-state index contributed by atoms with van der Waals surface area (Å²) in [6.45, 7) is 4.00. The van der Waals surface area contributed by atoms with Crippen LogP contribution >= 0.6 is 0 Å². The van der Waals surface area contributed by atoms with E-state index in [9.17, 15) is 9.90 Å². The van der Waals surface area contributed by atoms with Gasteiger partial charge in [-0.1, -0.05) is 52.0 Å². The maximum Gasteiger partial charge on any atom is 0.328 e. The summed E-state index contributed by atoms with van der Waals surface area (Å²) in [5.41, 5.74) is 6.43. The van der Waals surface area contributed by atoms with E-state index < -0.39 is 11.5 Å². The van der Waals surface area contributed by atoms with Crippen molar-refractivity contribution in [2.45, 2.75) is 70.8 Å². The molecular formula is C19H31NO3. The van der Waals surface area contributed by atoms with Crippen LogP contribution in [0.5, 0.6) is 5.75 Å². The number of carboxylic acid groups (broad SMARTS) is 1. The molecule has 0 radical (unpaired) electrons. The van der Waals surface area contributed by atoms with Gasteiger partial charge in [-0.05, 0) is 37.0 Å². The molecule has 3 N–H and O–H groups in total. The van der Waals surface area contributed by atoms with Gasteiger partial charge in [-0.3, -0.25) is 0 Å². The number of nitrogens with two attached hydrogens (primary N) is 1. The molecule has 4 nitrogen and oxygen atoms in total. The van der Waals surface area contributed by atoms with Gasteiger partial charge in [0, 0.05) is 5.56 Å². The Kier molecular flexibility index (Phi) is 8.10. The van der Waals surface area contributed by atoms with E-state index in [1.54, 1.807) is 14.0 Å². The van der Waals surface area contributed by atoms with Crippen LogP contribution < -0.4 is 10.5 Å². The van der Waals surface area contributed by atoms with Gasteiger partial charge < -0.3 is 15.6 Å². The summed E-state index contributed by atoms with van der Waals surface area (Å²) >= 11 is 0. The lowest BCUT2D eigenvalue weighted by molar-refractivity contribution is -0.144. The van der Waals surface area contributed by atoms with Crippen molar-refractivity contribution in [1.29, 1.82) is 0 Å². The average molecular weight is 321 g/mol. The number of hydrogen-bond donors (Lipinski definition) is 2. The number of carboxylic acids is 1. The second-order valence-electron chi connectivity index (χ2n) is 6.18. The standard InChI is InChI=1S/C19H31NO3/c1-4-6-7-8-9-10-11-15-12-13-17(23-3)16(14-15)19(20,5-2)18(21)22/h12-14H,4-11,20H2,1-3H3,(H,21,22). The van der Waals surface area contributed by atoms with Gasteiger partial charge in [-0.2, -0.15) is 0 Å². The van der Waals surface area contributed by atoms with Gasteiger partial charge in [0.15, 0.2) is 0 Å². The first-order valence-corrected chi connectivity index (χ1v) is 8.69. The minimum Gasteiger partial charge on any atom is -0.496 e. The number of ether oxygens (including phenoxy) is 1.